The predicted molar refractivity (Wildman–Crippen MR) is 226 cm³/mol. The molecular weight excluding hydrogens is 645 g/mol. The maximum Gasteiger partial charge on any atom is 0.137 e. The summed E-state index contributed by atoms with van der Waals surface area (Å²) in [5, 5.41) is 2.50. The van der Waals surface area contributed by atoms with Crippen LogP contribution < -0.4 is 9.80 Å². The Balaban J connectivity index is 1.15. The second-order valence-electron chi connectivity index (χ2n) is 18.0. The first-order chi connectivity index (χ1) is 25.1. The van der Waals surface area contributed by atoms with Crippen LogP contribution in [0.2, 0.25) is 0 Å². The number of rotatable bonds is 5. The van der Waals surface area contributed by atoms with E-state index in [1.54, 1.807) is 0 Å². The fourth-order valence-electron chi connectivity index (χ4n) is 7.74. The SMILES string of the molecule is CC(C)(C)c1cc(N2CN(c3cccc(Cc4ccc5c6ccccc6n(-c6cc(C(C)(C)C)ccn6)c5c4)c3)c3ccccc32)cc(C(C)(C)C)c1. The van der Waals surface area contributed by atoms with Crippen molar-refractivity contribution in [2.75, 3.05) is 16.5 Å². The van der Waals surface area contributed by atoms with Crippen LogP contribution in [0.1, 0.15) is 90.1 Å². The normalized spacial score (nSPS) is 13.7. The van der Waals surface area contributed by atoms with Crippen molar-refractivity contribution in [3.8, 4) is 5.82 Å². The van der Waals surface area contributed by atoms with E-state index in [9.17, 15) is 0 Å². The third-order valence-corrected chi connectivity index (χ3v) is 10.9. The molecule has 8 rings (SSSR count). The molecule has 3 heterocycles. The number of anilines is 4. The number of hydrogen-bond acceptors (Lipinski definition) is 3. The summed E-state index contributed by atoms with van der Waals surface area (Å²) in [6.45, 7) is 21.4. The van der Waals surface area contributed by atoms with Gasteiger partial charge in [-0.3, -0.25) is 4.57 Å². The van der Waals surface area contributed by atoms with Crippen LogP contribution in [0.25, 0.3) is 27.6 Å². The highest BCUT2D eigenvalue weighted by molar-refractivity contribution is 6.09. The maximum atomic E-state index is 4.90. The first-order valence-electron chi connectivity index (χ1n) is 19.0. The molecule has 1 aliphatic rings. The molecule has 7 aromatic rings. The number of aromatic nitrogens is 2. The molecule has 0 amide bonds. The largest absolute Gasteiger partial charge is 0.321 e. The van der Waals surface area contributed by atoms with E-state index < -0.39 is 0 Å². The molecule has 53 heavy (non-hydrogen) atoms. The summed E-state index contributed by atoms with van der Waals surface area (Å²) in [6.07, 6.45) is 2.79. The number of para-hydroxylation sites is 3. The van der Waals surface area contributed by atoms with Crippen molar-refractivity contribution in [3.63, 3.8) is 0 Å². The van der Waals surface area contributed by atoms with Gasteiger partial charge in [-0.15, -0.1) is 0 Å². The molecule has 0 unspecified atom stereocenters. The molecule has 0 bridgehead atoms. The van der Waals surface area contributed by atoms with Crippen molar-refractivity contribution in [1.29, 1.82) is 0 Å². The lowest BCUT2D eigenvalue weighted by Crippen LogP contribution is -2.25. The molecule has 0 atom stereocenters. The highest BCUT2D eigenvalue weighted by Crippen LogP contribution is 2.46. The molecule has 4 nitrogen and oxygen atoms in total. The van der Waals surface area contributed by atoms with Crippen LogP contribution in [-0.2, 0) is 22.7 Å². The molecule has 2 aromatic heterocycles. The van der Waals surface area contributed by atoms with Gasteiger partial charge >= 0.3 is 0 Å². The third kappa shape index (κ3) is 6.50. The smallest absolute Gasteiger partial charge is 0.137 e. The zero-order chi connectivity index (χ0) is 37.3. The summed E-state index contributed by atoms with van der Waals surface area (Å²) in [5.74, 6) is 0.961. The van der Waals surface area contributed by atoms with Gasteiger partial charge in [-0.2, -0.15) is 0 Å². The third-order valence-electron chi connectivity index (χ3n) is 10.9. The lowest BCUT2D eigenvalue weighted by Gasteiger charge is -2.29. The molecule has 0 fully saturated rings. The van der Waals surface area contributed by atoms with E-state index in [-0.39, 0.29) is 16.2 Å². The molecular formula is C49H52N4. The lowest BCUT2D eigenvalue weighted by atomic mass is 9.80. The van der Waals surface area contributed by atoms with Crippen LogP contribution in [0.4, 0.5) is 22.7 Å². The quantitative estimate of drug-likeness (QED) is 0.179. The van der Waals surface area contributed by atoms with E-state index in [2.05, 4.69) is 198 Å². The van der Waals surface area contributed by atoms with Crippen LogP contribution in [0.15, 0.2) is 128 Å². The topological polar surface area (TPSA) is 24.3 Å². The van der Waals surface area contributed by atoms with Gasteiger partial charge in [0.25, 0.3) is 0 Å². The molecule has 268 valence electrons. The zero-order valence-electron chi connectivity index (χ0n) is 32.8. The minimum absolute atomic E-state index is 0.0331. The van der Waals surface area contributed by atoms with Gasteiger partial charge < -0.3 is 9.80 Å². The minimum atomic E-state index is 0.0331. The van der Waals surface area contributed by atoms with Gasteiger partial charge in [0.15, 0.2) is 0 Å². The molecule has 1 aliphatic heterocycles. The Morgan fingerprint density at radius 1 is 0.491 bits per heavy atom. The van der Waals surface area contributed by atoms with Gasteiger partial charge in [-0.25, -0.2) is 4.98 Å². The predicted octanol–water partition coefficient (Wildman–Crippen LogP) is 12.9. The van der Waals surface area contributed by atoms with E-state index >= 15 is 0 Å². The van der Waals surface area contributed by atoms with E-state index in [0.717, 1.165) is 18.9 Å². The minimum Gasteiger partial charge on any atom is -0.321 e. The van der Waals surface area contributed by atoms with Crippen molar-refractivity contribution >= 4 is 44.6 Å². The van der Waals surface area contributed by atoms with Crippen molar-refractivity contribution in [2.45, 2.75) is 85.0 Å². The van der Waals surface area contributed by atoms with Crippen molar-refractivity contribution in [1.82, 2.24) is 9.55 Å². The second kappa shape index (κ2) is 12.7. The Morgan fingerprint density at radius 3 is 1.77 bits per heavy atom. The first kappa shape index (κ1) is 34.7. The average molecular weight is 697 g/mol. The van der Waals surface area contributed by atoms with Crippen LogP contribution in [0.3, 0.4) is 0 Å². The summed E-state index contributed by atoms with van der Waals surface area (Å²) >= 11 is 0. The van der Waals surface area contributed by atoms with E-state index in [4.69, 9.17) is 4.98 Å². The van der Waals surface area contributed by atoms with Crippen molar-refractivity contribution < 1.29 is 0 Å². The van der Waals surface area contributed by atoms with Gasteiger partial charge in [0.1, 0.15) is 12.5 Å². The summed E-state index contributed by atoms with van der Waals surface area (Å²) in [6, 6.07) is 45.2. The summed E-state index contributed by atoms with van der Waals surface area (Å²) < 4.78 is 2.34. The summed E-state index contributed by atoms with van der Waals surface area (Å²) in [5.41, 5.74) is 14.0. The number of pyridine rings is 1. The van der Waals surface area contributed by atoms with Gasteiger partial charge in [0, 0.05) is 28.3 Å². The average Bonchev–Trinajstić information content (AvgIpc) is 3.67. The van der Waals surface area contributed by atoms with Gasteiger partial charge in [-0.05, 0) is 111 Å². The van der Waals surface area contributed by atoms with Gasteiger partial charge in [-0.1, -0.05) is 123 Å². The molecule has 0 aliphatic carbocycles. The Kier molecular flexibility index (Phi) is 8.29. The van der Waals surface area contributed by atoms with Gasteiger partial charge in [0.05, 0.1) is 22.4 Å². The molecule has 0 N–H and O–H groups in total. The highest BCUT2D eigenvalue weighted by Gasteiger charge is 2.30. The first-order valence-corrected chi connectivity index (χ1v) is 19.0. The van der Waals surface area contributed by atoms with Crippen molar-refractivity contribution in [2.24, 2.45) is 0 Å². The highest BCUT2D eigenvalue weighted by atomic mass is 15.4. The Labute approximate surface area is 315 Å². The molecule has 5 aromatic carbocycles. The summed E-state index contributed by atoms with van der Waals surface area (Å²) in [7, 11) is 0. The maximum absolute atomic E-state index is 4.90. The number of hydrogen-bond donors (Lipinski definition) is 0. The van der Waals surface area contributed by atoms with E-state index in [1.165, 1.54) is 72.4 Å². The van der Waals surface area contributed by atoms with Crippen molar-refractivity contribution in [3.05, 3.63) is 155 Å². The van der Waals surface area contributed by atoms with Crippen LogP contribution in [-0.4, -0.2) is 16.2 Å². The lowest BCUT2D eigenvalue weighted by molar-refractivity contribution is 0.568. The Hall–Kier alpha value is -5.35. The molecule has 4 heteroatoms. The Bertz CT molecular complexity index is 2450. The number of benzene rings is 5. The Morgan fingerprint density at radius 2 is 1.09 bits per heavy atom. The number of fused-ring (bicyclic) bond motifs is 4. The number of nitrogens with zero attached hydrogens (tertiary/aromatic N) is 4. The fraction of sp³-hybridized carbons (Fsp3) is 0.286. The molecule has 0 spiro atoms. The molecule has 0 saturated heterocycles. The molecule has 0 radical (unpaired) electrons. The van der Waals surface area contributed by atoms with E-state index in [1.807, 2.05) is 6.20 Å². The standard InChI is InChI=1S/C49H52N4/c1-47(2,3)35-23-24-50-46(31-35)53-42-18-11-10-17-40(42)41-22-21-34(27-45(41)53)25-33-15-14-16-38(26-33)51-32-52(44-20-13-12-19-43(44)51)39-29-36(48(4,5)6)28-37(30-39)49(7,8)9/h10-24,26-31H,25,32H2,1-9H3. The second-order valence-corrected chi connectivity index (χ2v) is 18.0. The van der Waals surface area contributed by atoms with E-state index in [0.29, 0.717) is 0 Å². The summed E-state index contributed by atoms with van der Waals surface area (Å²) in [4.78, 5) is 9.85. The van der Waals surface area contributed by atoms with Gasteiger partial charge in [0.2, 0.25) is 0 Å². The zero-order valence-corrected chi connectivity index (χ0v) is 32.8. The molecule has 0 saturated carbocycles. The monoisotopic (exact) mass is 696 g/mol. The van der Waals surface area contributed by atoms with Crippen LogP contribution >= 0.6 is 0 Å². The van der Waals surface area contributed by atoms with Crippen LogP contribution in [0.5, 0.6) is 0 Å². The van der Waals surface area contributed by atoms with Crippen LogP contribution in [0, 0.1) is 0 Å². The fourth-order valence-corrected chi connectivity index (χ4v) is 7.74.